The number of hydrogen-bond donors (Lipinski definition) is 0. The molecule has 1 heterocycles. The average Bonchev–Trinajstić information content (AvgIpc) is 2.37. The lowest BCUT2D eigenvalue weighted by Gasteiger charge is -2.10. The predicted molar refractivity (Wildman–Crippen MR) is 49.9 cm³/mol. The van der Waals surface area contributed by atoms with Crippen LogP contribution in [-0.2, 0) is 0 Å². The van der Waals surface area contributed by atoms with E-state index < -0.39 is 0 Å². The Balaban J connectivity index is 2.46. The van der Waals surface area contributed by atoms with Crippen molar-refractivity contribution in [1.29, 1.82) is 0 Å². The minimum absolute atomic E-state index is 0.163. The molecule has 0 saturated carbocycles. The third kappa shape index (κ3) is 2.60. The summed E-state index contributed by atoms with van der Waals surface area (Å²) in [5, 5.41) is 0.364. The summed E-state index contributed by atoms with van der Waals surface area (Å²) in [4.78, 5) is 0. The third-order valence-corrected chi connectivity index (χ3v) is 2.29. The molecule has 0 N–H and O–H groups in total. The Kier molecular flexibility index (Phi) is 3.75. The molecule has 0 saturated heterocycles. The molecule has 0 radical (unpaired) electrons. The Bertz CT molecular complexity index is 241. The maximum absolute atomic E-state index is 5.70. The fourth-order valence-corrected chi connectivity index (χ4v) is 1.52. The molecule has 1 aromatic rings. The van der Waals surface area contributed by atoms with Gasteiger partial charge in [-0.25, -0.2) is 0 Å². The molecule has 5 heteroatoms. The van der Waals surface area contributed by atoms with E-state index >= 15 is 0 Å². The van der Waals surface area contributed by atoms with Crippen LogP contribution in [0.3, 0.4) is 0 Å². The van der Waals surface area contributed by atoms with Crippen molar-refractivity contribution in [3.63, 3.8) is 0 Å². The summed E-state index contributed by atoms with van der Waals surface area (Å²) in [7, 11) is 0. The first-order valence-corrected chi connectivity index (χ1v) is 4.99. The van der Waals surface area contributed by atoms with Crippen LogP contribution in [-0.4, -0.2) is 14.9 Å². The standard InChI is InChI=1S/C7H11ClN2OS/c1-3-4-5(2)11-7-6(8)9-12-10-7/h5H,3-4H2,1-2H3. The molecule has 1 atom stereocenters. The van der Waals surface area contributed by atoms with Crippen LogP contribution in [0.25, 0.3) is 0 Å². The van der Waals surface area contributed by atoms with Crippen molar-refractivity contribution in [3.8, 4) is 5.88 Å². The second-order valence-electron chi connectivity index (χ2n) is 2.58. The summed E-state index contributed by atoms with van der Waals surface area (Å²) in [6.07, 6.45) is 2.26. The molecule has 1 aromatic heterocycles. The van der Waals surface area contributed by atoms with Gasteiger partial charge in [0, 0.05) is 0 Å². The second-order valence-corrected chi connectivity index (χ2v) is 3.46. The molecule has 0 aliphatic rings. The third-order valence-electron chi connectivity index (χ3n) is 1.43. The Morgan fingerprint density at radius 2 is 2.33 bits per heavy atom. The molecule has 3 nitrogen and oxygen atoms in total. The summed E-state index contributed by atoms with van der Waals surface area (Å²) in [6, 6.07) is 0. The monoisotopic (exact) mass is 206 g/mol. The first-order chi connectivity index (χ1) is 5.74. The van der Waals surface area contributed by atoms with Crippen molar-refractivity contribution in [1.82, 2.24) is 8.75 Å². The lowest BCUT2D eigenvalue weighted by atomic mass is 10.2. The zero-order valence-corrected chi connectivity index (χ0v) is 8.65. The highest BCUT2D eigenvalue weighted by Crippen LogP contribution is 2.22. The van der Waals surface area contributed by atoms with Crippen molar-refractivity contribution in [2.24, 2.45) is 0 Å². The van der Waals surface area contributed by atoms with Crippen LogP contribution >= 0.6 is 23.3 Å². The van der Waals surface area contributed by atoms with E-state index in [4.69, 9.17) is 16.3 Å². The number of nitrogens with zero attached hydrogens (tertiary/aromatic N) is 2. The summed E-state index contributed by atoms with van der Waals surface area (Å²) < 4.78 is 13.1. The highest BCUT2D eigenvalue weighted by molar-refractivity contribution is 6.99. The molecule has 0 fully saturated rings. The summed E-state index contributed by atoms with van der Waals surface area (Å²) >= 11 is 6.77. The Hall–Kier alpha value is -0.350. The quantitative estimate of drug-likeness (QED) is 0.760. The van der Waals surface area contributed by atoms with E-state index in [1.165, 1.54) is 0 Å². The van der Waals surface area contributed by atoms with E-state index in [1.54, 1.807) is 0 Å². The van der Waals surface area contributed by atoms with E-state index in [9.17, 15) is 0 Å². The minimum atomic E-state index is 0.163. The molecule has 0 spiro atoms. The van der Waals surface area contributed by atoms with Crippen LogP contribution in [0.1, 0.15) is 26.7 Å². The maximum Gasteiger partial charge on any atom is 0.265 e. The van der Waals surface area contributed by atoms with Gasteiger partial charge in [0.05, 0.1) is 17.8 Å². The summed E-state index contributed by atoms with van der Waals surface area (Å²) in [5.41, 5.74) is 0. The number of hydrogen-bond acceptors (Lipinski definition) is 4. The van der Waals surface area contributed by atoms with Gasteiger partial charge in [-0.2, -0.15) is 4.37 Å². The van der Waals surface area contributed by atoms with Crippen LogP contribution in [0.2, 0.25) is 5.15 Å². The Labute approximate surface area is 81.0 Å². The molecule has 68 valence electrons. The van der Waals surface area contributed by atoms with Gasteiger partial charge in [-0.1, -0.05) is 24.9 Å². The van der Waals surface area contributed by atoms with Gasteiger partial charge < -0.3 is 4.74 Å². The highest BCUT2D eigenvalue weighted by atomic mass is 35.5. The van der Waals surface area contributed by atoms with E-state index in [0.29, 0.717) is 11.0 Å². The number of rotatable bonds is 4. The first-order valence-electron chi connectivity index (χ1n) is 3.88. The molecular weight excluding hydrogens is 196 g/mol. The van der Waals surface area contributed by atoms with Crippen molar-refractivity contribution >= 4 is 23.3 Å². The molecule has 1 unspecified atom stereocenters. The van der Waals surface area contributed by atoms with Gasteiger partial charge in [-0.3, -0.25) is 0 Å². The highest BCUT2D eigenvalue weighted by Gasteiger charge is 2.09. The maximum atomic E-state index is 5.70. The topological polar surface area (TPSA) is 35.0 Å². The lowest BCUT2D eigenvalue weighted by Crippen LogP contribution is -2.11. The van der Waals surface area contributed by atoms with Crippen LogP contribution < -0.4 is 4.74 Å². The van der Waals surface area contributed by atoms with Crippen molar-refractivity contribution in [2.45, 2.75) is 32.8 Å². The van der Waals surface area contributed by atoms with E-state index in [0.717, 1.165) is 24.6 Å². The van der Waals surface area contributed by atoms with Gasteiger partial charge in [0.1, 0.15) is 0 Å². The number of ether oxygens (including phenoxy) is 1. The van der Waals surface area contributed by atoms with E-state index in [2.05, 4.69) is 15.7 Å². The predicted octanol–water partition coefficient (Wildman–Crippen LogP) is 2.76. The molecule has 0 amide bonds. The fraction of sp³-hybridized carbons (Fsp3) is 0.714. The molecular formula is C7H11ClN2OS. The van der Waals surface area contributed by atoms with Crippen molar-refractivity contribution in [3.05, 3.63) is 5.15 Å². The van der Waals surface area contributed by atoms with E-state index in [-0.39, 0.29) is 6.10 Å². The zero-order valence-electron chi connectivity index (χ0n) is 7.08. The van der Waals surface area contributed by atoms with Crippen LogP contribution in [0.15, 0.2) is 0 Å². The van der Waals surface area contributed by atoms with Gasteiger partial charge in [-0.05, 0) is 13.3 Å². The SMILES string of the molecule is CCCC(C)Oc1nsnc1Cl. The van der Waals surface area contributed by atoms with Crippen LogP contribution in [0, 0.1) is 0 Å². The van der Waals surface area contributed by atoms with Gasteiger partial charge >= 0.3 is 0 Å². The van der Waals surface area contributed by atoms with Gasteiger partial charge in [0.25, 0.3) is 5.88 Å². The first kappa shape index (κ1) is 9.74. The van der Waals surface area contributed by atoms with Crippen molar-refractivity contribution < 1.29 is 4.74 Å². The number of aromatic nitrogens is 2. The molecule has 1 rings (SSSR count). The molecule has 12 heavy (non-hydrogen) atoms. The average molecular weight is 207 g/mol. The van der Waals surface area contributed by atoms with Crippen LogP contribution in [0.5, 0.6) is 5.88 Å². The summed E-state index contributed by atoms with van der Waals surface area (Å²) in [6.45, 7) is 4.11. The van der Waals surface area contributed by atoms with Crippen LogP contribution in [0.4, 0.5) is 0 Å². The van der Waals surface area contributed by atoms with E-state index in [1.807, 2.05) is 6.92 Å². The van der Waals surface area contributed by atoms with Gasteiger partial charge in [0.2, 0.25) is 5.15 Å². The normalized spacial score (nSPS) is 12.9. The van der Waals surface area contributed by atoms with Crippen molar-refractivity contribution in [2.75, 3.05) is 0 Å². The minimum Gasteiger partial charge on any atom is -0.472 e. The fourth-order valence-electron chi connectivity index (χ4n) is 0.896. The lowest BCUT2D eigenvalue weighted by molar-refractivity contribution is 0.203. The molecule has 0 aliphatic carbocycles. The van der Waals surface area contributed by atoms with Gasteiger partial charge in [0.15, 0.2) is 0 Å². The largest absolute Gasteiger partial charge is 0.472 e. The summed E-state index contributed by atoms with van der Waals surface area (Å²) in [5.74, 6) is 0.461. The zero-order chi connectivity index (χ0) is 8.97. The molecule has 0 bridgehead atoms. The van der Waals surface area contributed by atoms with Gasteiger partial charge in [-0.15, -0.1) is 4.37 Å². The second kappa shape index (κ2) is 4.62. The number of halogens is 1. The Morgan fingerprint density at radius 3 is 2.83 bits per heavy atom. The molecule has 0 aliphatic heterocycles. The molecule has 0 aromatic carbocycles. The Morgan fingerprint density at radius 1 is 1.58 bits per heavy atom. The smallest absolute Gasteiger partial charge is 0.265 e.